The fraction of sp³-hybridized carbons (Fsp3) is 0.500. The lowest BCUT2D eigenvalue weighted by Gasteiger charge is -2.11. The first-order valence-electron chi connectivity index (χ1n) is 2.84. The number of carbonyl (C=O) groups is 2. The standard InChI is InChI=1S/C4H5NO6S/c6-3(7)2-1-11-12(10)5(2)4(8)9/h2H,1H2,(H,6,7)(H,8,9). The van der Waals surface area contributed by atoms with E-state index in [2.05, 4.69) is 4.18 Å². The maximum atomic E-state index is 10.7. The fourth-order valence-corrected chi connectivity index (χ4v) is 1.56. The predicted molar refractivity (Wildman–Crippen MR) is 35.4 cm³/mol. The topological polar surface area (TPSA) is 104 Å². The molecule has 0 spiro atoms. The van der Waals surface area contributed by atoms with Gasteiger partial charge in [0.05, 0.1) is 6.61 Å². The molecule has 0 radical (unpaired) electrons. The van der Waals surface area contributed by atoms with E-state index in [1.54, 1.807) is 0 Å². The molecular formula is C4H5NO6S. The Morgan fingerprint density at radius 2 is 2.08 bits per heavy atom. The first-order chi connectivity index (χ1) is 5.54. The predicted octanol–water partition coefficient (Wildman–Crippen LogP) is -0.972. The Morgan fingerprint density at radius 3 is 2.42 bits per heavy atom. The summed E-state index contributed by atoms with van der Waals surface area (Å²) in [7, 11) is 0. The number of carboxylic acid groups (broad SMARTS) is 2. The van der Waals surface area contributed by atoms with Gasteiger partial charge in [0.25, 0.3) is 11.3 Å². The molecule has 2 unspecified atom stereocenters. The van der Waals surface area contributed by atoms with Crippen LogP contribution in [-0.4, -0.2) is 43.4 Å². The monoisotopic (exact) mass is 195 g/mol. The first-order valence-corrected chi connectivity index (χ1v) is 3.87. The third-order valence-corrected chi connectivity index (χ3v) is 2.31. The molecule has 0 aliphatic carbocycles. The third kappa shape index (κ3) is 1.38. The average molecular weight is 195 g/mol. The highest BCUT2D eigenvalue weighted by atomic mass is 32.2. The highest BCUT2D eigenvalue weighted by molar-refractivity contribution is 7.78. The molecule has 1 aliphatic rings. The molecule has 1 fully saturated rings. The van der Waals surface area contributed by atoms with Crippen molar-refractivity contribution in [3.8, 4) is 0 Å². The molecule has 12 heavy (non-hydrogen) atoms. The molecule has 68 valence electrons. The number of carboxylic acids is 1. The maximum absolute atomic E-state index is 10.7. The molecule has 7 nitrogen and oxygen atoms in total. The number of nitrogens with zero attached hydrogens (tertiary/aromatic N) is 1. The van der Waals surface area contributed by atoms with Crippen LogP contribution < -0.4 is 0 Å². The number of amides is 1. The summed E-state index contributed by atoms with van der Waals surface area (Å²) in [5, 5.41) is 16.8. The molecule has 1 saturated heterocycles. The zero-order chi connectivity index (χ0) is 9.30. The molecule has 0 aromatic heterocycles. The maximum Gasteiger partial charge on any atom is 0.421 e. The van der Waals surface area contributed by atoms with E-state index in [-0.39, 0.29) is 10.9 Å². The van der Waals surface area contributed by atoms with Crippen molar-refractivity contribution in [3.05, 3.63) is 0 Å². The Bertz CT molecular complexity index is 252. The molecule has 1 heterocycles. The molecule has 0 aromatic rings. The summed E-state index contributed by atoms with van der Waals surface area (Å²) in [6.07, 6.45) is -1.57. The van der Waals surface area contributed by atoms with E-state index < -0.39 is 29.4 Å². The van der Waals surface area contributed by atoms with E-state index in [1.165, 1.54) is 0 Å². The van der Waals surface area contributed by atoms with Gasteiger partial charge in [0.15, 0.2) is 6.04 Å². The second-order valence-electron chi connectivity index (χ2n) is 1.96. The minimum atomic E-state index is -2.19. The van der Waals surface area contributed by atoms with Gasteiger partial charge in [0.2, 0.25) is 0 Å². The van der Waals surface area contributed by atoms with E-state index in [1.807, 2.05) is 0 Å². The summed E-state index contributed by atoms with van der Waals surface area (Å²) in [6.45, 7) is -0.381. The molecule has 2 atom stereocenters. The third-order valence-electron chi connectivity index (χ3n) is 1.24. The Labute approximate surface area is 69.3 Å². The Hall–Kier alpha value is -1.15. The van der Waals surface area contributed by atoms with Crippen LogP contribution in [0.4, 0.5) is 4.79 Å². The fourth-order valence-electron chi connectivity index (χ4n) is 0.720. The van der Waals surface area contributed by atoms with Crippen LogP contribution in [0.1, 0.15) is 0 Å². The highest BCUT2D eigenvalue weighted by Crippen LogP contribution is 2.14. The average Bonchev–Trinajstić information content (AvgIpc) is 2.30. The normalized spacial score (nSPS) is 28.8. The van der Waals surface area contributed by atoms with Crippen molar-refractivity contribution in [3.63, 3.8) is 0 Å². The zero-order valence-electron chi connectivity index (χ0n) is 5.67. The largest absolute Gasteiger partial charge is 0.480 e. The quantitative estimate of drug-likeness (QED) is 0.557. The van der Waals surface area contributed by atoms with Crippen LogP contribution in [0, 0.1) is 0 Å². The van der Waals surface area contributed by atoms with Gasteiger partial charge in [-0.05, 0) is 0 Å². The molecule has 0 saturated carbocycles. The Balaban J connectivity index is 2.84. The summed E-state index contributed by atoms with van der Waals surface area (Å²) in [6, 6.07) is -1.37. The van der Waals surface area contributed by atoms with Gasteiger partial charge in [-0.25, -0.2) is 13.8 Å². The van der Waals surface area contributed by atoms with Crippen molar-refractivity contribution in [2.24, 2.45) is 0 Å². The first kappa shape index (κ1) is 8.94. The molecular weight excluding hydrogens is 190 g/mol. The van der Waals surface area contributed by atoms with Crippen molar-refractivity contribution in [1.29, 1.82) is 0 Å². The second-order valence-corrected chi connectivity index (χ2v) is 3.03. The molecule has 1 aliphatic heterocycles. The van der Waals surface area contributed by atoms with E-state index in [0.29, 0.717) is 0 Å². The number of hydrogen-bond acceptors (Lipinski definition) is 4. The summed E-state index contributed by atoms with van der Waals surface area (Å²) in [4.78, 5) is 20.7. The molecule has 8 heteroatoms. The number of aliphatic carboxylic acids is 1. The van der Waals surface area contributed by atoms with Gasteiger partial charge in [0, 0.05) is 0 Å². The van der Waals surface area contributed by atoms with Gasteiger partial charge in [0.1, 0.15) is 0 Å². The molecule has 2 N–H and O–H groups in total. The zero-order valence-corrected chi connectivity index (χ0v) is 6.48. The van der Waals surface area contributed by atoms with E-state index in [0.717, 1.165) is 0 Å². The van der Waals surface area contributed by atoms with Crippen LogP contribution in [-0.2, 0) is 20.2 Å². The van der Waals surface area contributed by atoms with Gasteiger partial charge in [-0.1, -0.05) is 0 Å². The minimum Gasteiger partial charge on any atom is -0.480 e. The van der Waals surface area contributed by atoms with Crippen LogP contribution in [0.3, 0.4) is 0 Å². The molecule has 0 aromatic carbocycles. The van der Waals surface area contributed by atoms with Crippen LogP contribution >= 0.6 is 0 Å². The lowest BCUT2D eigenvalue weighted by molar-refractivity contribution is -0.140. The molecule has 1 amide bonds. The Kier molecular flexibility index (Phi) is 2.29. The van der Waals surface area contributed by atoms with Gasteiger partial charge in [-0.15, -0.1) is 0 Å². The Morgan fingerprint density at radius 1 is 1.50 bits per heavy atom. The lowest BCUT2D eigenvalue weighted by atomic mass is 10.3. The molecule has 1 rings (SSSR count). The molecule has 0 bridgehead atoms. The van der Waals surface area contributed by atoms with Crippen LogP contribution in [0.2, 0.25) is 0 Å². The van der Waals surface area contributed by atoms with Gasteiger partial charge in [-0.3, -0.25) is 4.18 Å². The van der Waals surface area contributed by atoms with E-state index >= 15 is 0 Å². The smallest absolute Gasteiger partial charge is 0.421 e. The van der Waals surface area contributed by atoms with Crippen molar-refractivity contribution in [2.75, 3.05) is 6.61 Å². The summed E-state index contributed by atoms with van der Waals surface area (Å²) >= 11 is -2.19. The van der Waals surface area contributed by atoms with Crippen molar-refractivity contribution < 1.29 is 28.2 Å². The second kappa shape index (κ2) is 3.07. The van der Waals surface area contributed by atoms with Crippen molar-refractivity contribution >= 4 is 23.3 Å². The summed E-state index contributed by atoms with van der Waals surface area (Å²) in [5.41, 5.74) is 0. The van der Waals surface area contributed by atoms with Crippen LogP contribution in [0.25, 0.3) is 0 Å². The minimum absolute atomic E-state index is 0.252. The van der Waals surface area contributed by atoms with Gasteiger partial charge < -0.3 is 10.2 Å². The van der Waals surface area contributed by atoms with E-state index in [4.69, 9.17) is 10.2 Å². The SMILES string of the molecule is O=C(O)C1COS(=O)N1C(=O)O. The summed E-state index contributed by atoms with van der Waals surface area (Å²) in [5.74, 6) is -1.37. The van der Waals surface area contributed by atoms with E-state index in [9.17, 15) is 13.8 Å². The number of rotatable bonds is 1. The van der Waals surface area contributed by atoms with Crippen molar-refractivity contribution in [1.82, 2.24) is 4.31 Å². The lowest BCUT2D eigenvalue weighted by Crippen LogP contribution is -2.41. The van der Waals surface area contributed by atoms with Gasteiger partial charge in [-0.2, -0.15) is 4.31 Å². The van der Waals surface area contributed by atoms with Crippen LogP contribution in [0.5, 0.6) is 0 Å². The highest BCUT2D eigenvalue weighted by Gasteiger charge is 2.41. The van der Waals surface area contributed by atoms with Gasteiger partial charge >= 0.3 is 12.1 Å². The summed E-state index contributed by atoms with van der Waals surface area (Å²) < 4.78 is 15.3. The number of hydrogen-bond donors (Lipinski definition) is 2. The van der Waals surface area contributed by atoms with Crippen molar-refractivity contribution in [2.45, 2.75) is 6.04 Å². The van der Waals surface area contributed by atoms with Crippen LogP contribution in [0.15, 0.2) is 0 Å².